The quantitative estimate of drug-likeness (QED) is 0.583. The Morgan fingerprint density at radius 3 is 2.61 bits per heavy atom. The summed E-state index contributed by atoms with van der Waals surface area (Å²) in [5, 5.41) is 8.19. The summed E-state index contributed by atoms with van der Waals surface area (Å²) in [4.78, 5) is 28.6. The Balaban J connectivity index is 1.43. The average molecular weight is 420 g/mol. The number of hydrogen-bond donors (Lipinski definition) is 0. The summed E-state index contributed by atoms with van der Waals surface area (Å²) in [6.45, 7) is 4.33. The maximum Gasteiger partial charge on any atom is 0.265 e. The topological polar surface area (TPSA) is 88.8 Å². The fourth-order valence-corrected chi connectivity index (χ4v) is 3.47. The summed E-state index contributed by atoms with van der Waals surface area (Å²) in [7, 11) is 0. The molecule has 8 nitrogen and oxygen atoms in total. The SMILES string of the molecule is CC(C)N(Cc1nnc(-c2ccccc2)o1)C(=O)CCN1C(=O)COc2ccccc21. The molecule has 0 spiro atoms. The molecular formula is C23H24N4O4. The van der Waals surface area contributed by atoms with Gasteiger partial charge in [0.15, 0.2) is 6.61 Å². The summed E-state index contributed by atoms with van der Waals surface area (Å²) in [6, 6.07) is 16.8. The predicted octanol–water partition coefficient (Wildman–Crippen LogP) is 3.29. The number of hydrogen-bond acceptors (Lipinski definition) is 6. The van der Waals surface area contributed by atoms with Crippen LogP contribution >= 0.6 is 0 Å². The normalized spacial score (nSPS) is 13.1. The maximum absolute atomic E-state index is 13.0. The van der Waals surface area contributed by atoms with Gasteiger partial charge in [-0.3, -0.25) is 9.59 Å². The highest BCUT2D eigenvalue weighted by Gasteiger charge is 2.27. The largest absolute Gasteiger partial charge is 0.482 e. The van der Waals surface area contributed by atoms with Crippen LogP contribution in [0.15, 0.2) is 59.0 Å². The van der Waals surface area contributed by atoms with Crippen molar-refractivity contribution in [1.29, 1.82) is 0 Å². The second-order valence-corrected chi connectivity index (χ2v) is 7.53. The smallest absolute Gasteiger partial charge is 0.265 e. The molecule has 0 saturated carbocycles. The third-order valence-electron chi connectivity index (χ3n) is 5.09. The van der Waals surface area contributed by atoms with Crippen LogP contribution in [0, 0.1) is 0 Å². The monoisotopic (exact) mass is 420 g/mol. The van der Waals surface area contributed by atoms with E-state index in [-0.39, 0.29) is 44.0 Å². The van der Waals surface area contributed by atoms with Gasteiger partial charge in [0, 0.05) is 24.6 Å². The molecule has 8 heteroatoms. The van der Waals surface area contributed by atoms with Crippen molar-refractivity contribution in [2.45, 2.75) is 32.9 Å². The Morgan fingerprint density at radius 2 is 1.84 bits per heavy atom. The fourth-order valence-electron chi connectivity index (χ4n) is 3.47. The van der Waals surface area contributed by atoms with Crippen molar-refractivity contribution < 1.29 is 18.7 Å². The van der Waals surface area contributed by atoms with Gasteiger partial charge in [-0.25, -0.2) is 0 Å². The van der Waals surface area contributed by atoms with E-state index < -0.39 is 0 Å². The molecule has 160 valence electrons. The van der Waals surface area contributed by atoms with E-state index in [9.17, 15) is 9.59 Å². The van der Waals surface area contributed by atoms with Crippen LogP contribution in [-0.4, -0.2) is 46.1 Å². The number of carbonyl (C=O) groups is 2. The summed E-state index contributed by atoms with van der Waals surface area (Å²) in [6.07, 6.45) is 0.179. The Hall–Kier alpha value is -3.68. The first-order valence-corrected chi connectivity index (χ1v) is 10.2. The lowest BCUT2D eigenvalue weighted by atomic mass is 10.2. The first-order chi connectivity index (χ1) is 15.0. The molecular weight excluding hydrogens is 396 g/mol. The minimum atomic E-state index is -0.160. The maximum atomic E-state index is 13.0. The van der Waals surface area contributed by atoms with Crippen LogP contribution < -0.4 is 9.64 Å². The van der Waals surface area contributed by atoms with Crippen LogP contribution in [0.2, 0.25) is 0 Å². The van der Waals surface area contributed by atoms with Gasteiger partial charge in [-0.15, -0.1) is 10.2 Å². The van der Waals surface area contributed by atoms with Crippen LogP contribution in [0.5, 0.6) is 5.75 Å². The van der Waals surface area contributed by atoms with E-state index in [2.05, 4.69) is 10.2 Å². The van der Waals surface area contributed by atoms with Gasteiger partial charge < -0.3 is 19.0 Å². The van der Waals surface area contributed by atoms with Gasteiger partial charge in [0.2, 0.25) is 17.7 Å². The van der Waals surface area contributed by atoms with E-state index in [1.54, 1.807) is 9.80 Å². The number of aromatic nitrogens is 2. The summed E-state index contributed by atoms with van der Waals surface area (Å²) in [5.41, 5.74) is 1.51. The molecule has 0 fully saturated rings. The van der Waals surface area contributed by atoms with Gasteiger partial charge >= 0.3 is 0 Å². The lowest BCUT2D eigenvalue weighted by molar-refractivity contribution is -0.133. The lowest BCUT2D eigenvalue weighted by Crippen LogP contribution is -2.43. The number of benzene rings is 2. The summed E-state index contributed by atoms with van der Waals surface area (Å²) >= 11 is 0. The summed E-state index contributed by atoms with van der Waals surface area (Å²) < 4.78 is 11.2. The number of anilines is 1. The van der Waals surface area contributed by atoms with E-state index in [0.717, 1.165) is 5.56 Å². The van der Waals surface area contributed by atoms with Gasteiger partial charge in [-0.2, -0.15) is 0 Å². The molecule has 4 rings (SSSR count). The molecule has 2 amide bonds. The minimum absolute atomic E-state index is 0.0245. The van der Waals surface area contributed by atoms with Gasteiger partial charge in [-0.05, 0) is 38.1 Å². The molecule has 0 N–H and O–H groups in total. The number of fused-ring (bicyclic) bond motifs is 1. The highest BCUT2D eigenvalue weighted by molar-refractivity contribution is 5.98. The molecule has 2 aromatic carbocycles. The zero-order valence-corrected chi connectivity index (χ0v) is 17.5. The molecule has 0 unspecified atom stereocenters. The minimum Gasteiger partial charge on any atom is -0.482 e. The third-order valence-corrected chi connectivity index (χ3v) is 5.09. The number of amides is 2. The number of para-hydroxylation sites is 2. The number of rotatable bonds is 7. The van der Waals surface area contributed by atoms with Crippen molar-refractivity contribution >= 4 is 17.5 Å². The second kappa shape index (κ2) is 8.99. The standard InChI is InChI=1S/C23H24N4O4/c1-16(2)27(14-20-24-25-23(31-20)17-8-4-3-5-9-17)21(28)12-13-26-18-10-6-7-11-19(18)30-15-22(26)29/h3-11,16H,12-15H2,1-2H3. The Labute approximate surface area is 180 Å². The van der Waals surface area contributed by atoms with Gasteiger partial charge in [0.05, 0.1) is 12.2 Å². The number of carbonyl (C=O) groups excluding carboxylic acids is 2. The Morgan fingerprint density at radius 1 is 1.10 bits per heavy atom. The average Bonchev–Trinajstić information content (AvgIpc) is 3.26. The molecule has 2 heterocycles. The molecule has 0 radical (unpaired) electrons. The van der Waals surface area contributed by atoms with Crippen LogP contribution in [0.3, 0.4) is 0 Å². The van der Waals surface area contributed by atoms with Gasteiger partial charge in [0.1, 0.15) is 5.75 Å². The van der Waals surface area contributed by atoms with Crippen molar-refractivity contribution in [3.8, 4) is 17.2 Å². The Bertz CT molecular complexity index is 1060. The van der Waals surface area contributed by atoms with E-state index in [1.165, 1.54) is 0 Å². The Kier molecular flexibility index (Phi) is 5.97. The number of ether oxygens (including phenoxy) is 1. The highest BCUT2D eigenvalue weighted by atomic mass is 16.5. The zero-order chi connectivity index (χ0) is 21.8. The summed E-state index contributed by atoms with van der Waals surface area (Å²) in [5.74, 6) is 1.18. The molecule has 0 atom stereocenters. The van der Waals surface area contributed by atoms with Crippen LogP contribution in [0.1, 0.15) is 26.2 Å². The molecule has 0 saturated heterocycles. The van der Waals surface area contributed by atoms with Gasteiger partial charge in [-0.1, -0.05) is 30.3 Å². The van der Waals surface area contributed by atoms with Crippen molar-refractivity contribution in [2.75, 3.05) is 18.1 Å². The van der Waals surface area contributed by atoms with E-state index in [0.29, 0.717) is 23.2 Å². The van der Waals surface area contributed by atoms with Gasteiger partial charge in [0.25, 0.3) is 5.91 Å². The molecule has 3 aromatic rings. The first-order valence-electron chi connectivity index (χ1n) is 10.2. The van der Waals surface area contributed by atoms with Crippen LogP contribution in [0.4, 0.5) is 5.69 Å². The molecule has 0 bridgehead atoms. The van der Waals surface area contributed by atoms with Crippen molar-refractivity contribution in [2.24, 2.45) is 0 Å². The van der Waals surface area contributed by atoms with Crippen molar-refractivity contribution in [3.05, 3.63) is 60.5 Å². The second-order valence-electron chi connectivity index (χ2n) is 7.53. The zero-order valence-electron chi connectivity index (χ0n) is 17.5. The van der Waals surface area contributed by atoms with Crippen molar-refractivity contribution in [1.82, 2.24) is 15.1 Å². The number of nitrogens with zero attached hydrogens (tertiary/aromatic N) is 4. The van der Waals surface area contributed by atoms with E-state index in [1.807, 2.05) is 68.4 Å². The fraction of sp³-hybridized carbons (Fsp3) is 0.304. The molecule has 31 heavy (non-hydrogen) atoms. The third kappa shape index (κ3) is 4.58. The molecule has 0 aliphatic carbocycles. The predicted molar refractivity (Wildman–Crippen MR) is 114 cm³/mol. The van der Waals surface area contributed by atoms with Crippen LogP contribution in [0.25, 0.3) is 11.5 Å². The highest BCUT2D eigenvalue weighted by Crippen LogP contribution is 2.31. The van der Waals surface area contributed by atoms with E-state index in [4.69, 9.17) is 9.15 Å². The lowest BCUT2D eigenvalue weighted by Gasteiger charge is -2.30. The first kappa shape index (κ1) is 20.6. The molecule has 1 aromatic heterocycles. The van der Waals surface area contributed by atoms with Crippen LogP contribution in [-0.2, 0) is 16.1 Å². The van der Waals surface area contributed by atoms with Crippen molar-refractivity contribution in [3.63, 3.8) is 0 Å². The van der Waals surface area contributed by atoms with E-state index >= 15 is 0 Å². The molecule has 1 aliphatic rings. The molecule has 1 aliphatic heterocycles.